The first-order valence-electron chi connectivity index (χ1n) is 7.11. The molecule has 0 radical (unpaired) electrons. The van der Waals surface area contributed by atoms with E-state index in [-0.39, 0.29) is 24.9 Å². The molecule has 0 fully saturated rings. The van der Waals surface area contributed by atoms with Crippen molar-refractivity contribution in [3.8, 4) is 5.88 Å². The number of pyridine rings is 1. The van der Waals surface area contributed by atoms with Gasteiger partial charge in [0.2, 0.25) is 15.9 Å². The Morgan fingerprint density at radius 3 is 3.00 bits per heavy atom. The molecule has 1 aliphatic rings. The molecule has 0 saturated heterocycles. The van der Waals surface area contributed by atoms with Crippen LogP contribution < -0.4 is 4.74 Å². The summed E-state index contributed by atoms with van der Waals surface area (Å²) in [6.45, 7) is 1.29. The molecular weight excluding hydrogens is 323 g/mol. The third-order valence-corrected chi connectivity index (χ3v) is 4.92. The zero-order valence-electron chi connectivity index (χ0n) is 12.6. The van der Waals surface area contributed by atoms with Crippen molar-refractivity contribution in [3.05, 3.63) is 42.4 Å². The lowest BCUT2D eigenvalue weighted by Crippen LogP contribution is -2.35. The Morgan fingerprint density at radius 1 is 1.43 bits per heavy atom. The molecule has 23 heavy (non-hydrogen) atoms. The van der Waals surface area contributed by atoms with Crippen LogP contribution in [-0.4, -0.2) is 46.7 Å². The van der Waals surface area contributed by atoms with Gasteiger partial charge in [-0.1, -0.05) is 0 Å². The van der Waals surface area contributed by atoms with Gasteiger partial charge in [0.15, 0.2) is 5.82 Å². The van der Waals surface area contributed by atoms with Gasteiger partial charge in [-0.25, -0.2) is 22.8 Å². The van der Waals surface area contributed by atoms with Crippen LogP contribution in [0, 0.1) is 11.7 Å². The number of hydrogen-bond acceptors (Lipinski definition) is 5. The van der Waals surface area contributed by atoms with Crippen molar-refractivity contribution in [2.75, 3.05) is 19.4 Å². The van der Waals surface area contributed by atoms with Gasteiger partial charge in [-0.15, -0.1) is 0 Å². The van der Waals surface area contributed by atoms with E-state index in [1.807, 2.05) is 4.57 Å². The van der Waals surface area contributed by atoms with E-state index in [1.54, 1.807) is 12.5 Å². The average Bonchev–Trinajstić information content (AvgIpc) is 2.83. The fourth-order valence-electron chi connectivity index (χ4n) is 2.55. The number of ether oxygens (including phenoxy) is 1. The number of imidazole rings is 1. The molecule has 0 amide bonds. The van der Waals surface area contributed by atoms with Gasteiger partial charge >= 0.3 is 0 Å². The minimum absolute atomic E-state index is 0.0755. The van der Waals surface area contributed by atoms with Crippen molar-refractivity contribution in [2.24, 2.45) is 5.92 Å². The van der Waals surface area contributed by atoms with Crippen molar-refractivity contribution in [1.82, 2.24) is 18.8 Å². The largest absolute Gasteiger partial charge is 0.475 e. The number of rotatable bonds is 4. The van der Waals surface area contributed by atoms with Crippen molar-refractivity contribution >= 4 is 10.0 Å². The van der Waals surface area contributed by atoms with E-state index in [1.165, 1.54) is 28.9 Å². The standard InChI is InChI=1S/C14H17FN4O3S/c1-23(20,21)19-7-11(6-18-10-16-5-12(18)8-19)9-22-14-13(15)3-2-4-17-14/h2-5,10-11H,6-9H2,1H3. The molecule has 0 bridgehead atoms. The molecule has 0 N–H and O–H groups in total. The minimum atomic E-state index is -3.35. The van der Waals surface area contributed by atoms with Crippen molar-refractivity contribution < 1.29 is 17.5 Å². The molecule has 0 spiro atoms. The van der Waals surface area contributed by atoms with Crippen LogP contribution in [0.1, 0.15) is 5.69 Å². The summed E-state index contributed by atoms with van der Waals surface area (Å²) >= 11 is 0. The summed E-state index contributed by atoms with van der Waals surface area (Å²) < 4.78 is 46.2. The zero-order valence-corrected chi connectivity index (χ0v) is 13.4. The first-order valence-corrected chi connectivity index (χ1v) is 8.96. The molecule has 124 valence electrons. The number of fused-ring (bicyclic) bond motifs is 1. The Balaban J connectivity index is 1.77. The Morgan fingerprint density at radius 2 is 2.26 bits per heavy atom. The van der Waals surface area contributed by atoms with Crippen LogP contribution in [-0.2, 0) is 23.1 Å². The summed E-state index contributed by atoms with van der Waals surface area (Å²) in [7, 11) is -3.35. The molecule has 0 saturated carbocycles. The Bertz CT molecular complexity index is 793. The molecule has 0 aliphatic carbocycles. The van der Waals surface area contributed by atoms with E-state index >= 15 is 0 Å². The van der Waals surface area contributed by atoms with Crippen LogP contribution in [0.4, 0.5) is 4.39 Å². The van der Waals surface area contributed by atoms with Gasteiger partial charge in [0.05, 0.1) is 31.4 Å². The maximum absolute atomic E-state index is 13.6. The Labute approximate surface area is 133 Å². The maximum atomic E-state index is 13.6. The first kappa shape index (κ1) is 15.9. The number of hydrogen-bond donors (Lipinski definition) is 0. The SMILES string of the molecule is CS(=O)(=O)N1Cc2cncn2CC(COc2ncccc2F)C1. The van der Waals surface area contributed by atoms with Crippen molar-refractivity contribution in [1.29, 1.82) is 0 Å². The molecule has 1 aliphatic heterocycles. The van der Waals surface area contributed by atoms with Crippen LogP contribution in [0.3, 0.4) is 0 Å². The van der Waals surface area contributed by atoms with E-state index in [0.717, 1.165) is 5.69 Å². The van der Waals surface area contributed by atoms with Gasteiger partial charge in [0.25, 0.3) is 0 Å². The van der Waals surface area contributed by atoms with Crippen LogP contribution in [0.5, 0.6) is 5.88 Å². The summed E-state index contributed by atoms with van der Waals surface area (Å²) in [6, 6.07) is 2.75. The second-order valence-electron chi connectivity index (χ2n) is 5.56. The molecule has 3 heterocycles. The summed E-state index contributed by atoms with van der Waals surface area (Å²) in [5.41, 5.74) is 0.821. The quantitative estimate of drug-likeness (QED) is 0.826. The summed E-state index contributed by atoms with van der Waals surface area (Å²) in [4.78, 5) is 7.90. The highest BCUT2D eigenvalue weighted by Crippen LogP contribution is 2.20. The van der Waals surface area contributed by atoms with Gasteiger partial charge in [-0.2, -0.15) is 4.31 Å². The van der Waals surface area contributed by atoms with Crippen molar-refractivity contribution in [3.63, 3.8) is 0 Å². The second kappa shape index (κ2) is 6.25. The van der Waals surface area contributed by atoms with E-state index in [9.17, 15) is 12.8 Å². The summed E-state index contributed by atoms with van der Waals surface area (Å²) in [5, 5.41) is 0. The van der Waals surface area contributed by atoms with Crippen LogP contribution in [0.25, 0.3) is 0 Å². The first-order chi connectivity index (χ1) is 10.9. The van der Waals surface area contributed by atoms with Gasteiger partial charge in [-0.3, -0.25) is 0 Å². The number of nitrogens with zero attached hydrogens (tertiary/aromatic N) is 4. The monoisotopic (exact) mass is 340 g/mol. The summed E-state index contributed by atoms with van der Waals surface area (Å²) in [6.07, 6.45) is 5.94. The van der Waals surface area contributed by atoms with Gasteiger partial charge in [0, 0.05) is 31.4 Å². The van der Waals surface area contributed by atoms with Gasteiger partial charge < -0.3 is 9.30 Å². The molecule has 1 unspecified atom stereocenters. The normalized spacial score (nSPS) is 19.1. The second-order valence-corrected chi connectivity index (χ2v) is 7.54. The summed E-state index contributed by atoms with van der Waals surface area (Å²) in [5.74, 6) is -0.750. The predicted octanol–water partition coefficient (Wildman–Crippen LogP) is 0.888. The van der Waals surface area contributed by atoms with E-state index < -0.39 is 15.8 Å². The van der Waals surface area contributed by atoms with E-state index in [2.05, 4.69) is 9.97 Å². The third-order valence-electron chi connectivity index (χ3n) is 3.70. The van der Waals surface area contributed by atoms with Gasteiger partial charge in [-0.05, 0) is 12.1 Å². The molecular formula is C14H17FN4O3S. The van der Waals surface area contributed by atoms with Crippen LogP contribution in [0.15, 0.2) is 30.9 Å². The third kappa shape index (κ3) is 3.67. The lowest BCUT2D eigenvalue weighted by atomic mass is 10.1. The molecule has 0 aromatic carbocycles. The average molecular weight is 340 g/mol. The molecule has 1 atom stereocenters. The molecule has 7 nitrogen and oxygen atoms in total. The lowest BCUT2D eigenvalue weighted by molar-refractivity contribution is 0.199. The molecule has 2 aromatic rings. The van der Waals surface area contributed by atoms with Crippen LogP contribution in [0.2, 0.25) is 0 Å². The Kier molecular flexibility index (Phi) is 4.31. The predicted molar refractivity (Wildman–Crippen MR) is 80.7 cm³/mol. The highest BCUT2D eigenvalue weighted by molar-refractivity contribution is 7.88. The maximum Gasteiger partial charge on any atom is 0.250 e. The molecule has 3 rings (SSSR count). The Hall–Kier alpha value is -2.00. The zero-order chi connectivity index (χ0) is 16.4. The van der Waals surface area contributed by atoms with Gasteiger partial charge in [0.1, 0.15) is 0 Å². The van der Waals surface area contributed by atoms with E-state index in [0.29, 0.717) is 13.1 Å². The van der Waals surface area contributed by atoms with Crippen LogP contribution >= 0.6 is 0 Å². The lowest BCUT2D eigenvalue weighted by Gasteiger charge is -2.21. The van der Waals surface area contributed by atoms with E-state index in [4.69, 9.17) is 4.74 Å². The fraction of sp³-hybridized carbons (Fsp3) is 0.429. The van der Waals surface area contributed by atoms with Crippen molar-refractivity contribution in [2.45, 2.75) is 13.1 Å². The highest BCUT2D eigenvalue weighted by atomic mass is 32.2. The number of sulfonamides is 1. The molecule has 9 heteroatoms. The topological polar surface area (TPSA) is 77.3 Å². The smallest absolute Gasteiger partial charge is 0.250 e. The molecule has 2 aromatic heterocycles. The minimum Gasteiger partial charge on any atom is -0.475 e. The fourth-order valence-corrected chi connectivity index (χ4v) is 3.39. The number of halogens is 1. The highest BCUT2D eigenvalue weighted by Gasteiger charge is 2.28. The number of aromatic nitrogens is 3.